The molecule has 0 saturated heterocycles. The zero-order valence-electron chi connectivity index (χ0n) is 19.5. The molecular formula is C28H31FN2O2. The molecule has 0 spiro atoms. The third-order valence-corrected chi connectivity index (χ3v) is 5.73. The van der Waals surface area contributed by atoms with E-state index in [1.54, 1.807) is 17.0 Å². The molecular weight excluding hydrogens is 415 g/mol. The SMILES string of the molecule is CCNC(=O)[C@@H](Cc1ccccc1)N(Cc1ccc(F)cc1)C(=O)Cc1cc(C)ccc1C. The van der Waals surface area contributed by atoms with Crippen molar-refractivity contribution in [1.29, 1.82) is 0 Å². The van der Waals surface area contributed by atoms with Crippen LogP contribution in [-0.4, -0.2) is 29.3 Å². The maximum Gasteiger partial charge on any atom is 0.243 e. The second-order valence-corrected chi connectivity index (χ2v) is 8.35. The van der Waals surface area contributed by atoms with E-state index in [-0.39, 0.29) is 30.6 Å². The summed E-state index contributed by atoms with van der Waals surface area (Å²) in [7, 11) is 0. The molecule has 3 aromatic carbocycles. The molecule has 0 aliphatic carbocycles. The van der Waals surface area contributed by atoms with Gasteiger partial charge in [0.2, 0.25) is 11.8 Å². The van der Waals surface area contributed by atoms with E-state index in [2.05, 4.69) is 5.32 Å². The van der Waals surface area contributed by atoms with Gasteiger partial charge in [-0.1, -0.05) is 66.2 Å². The van der Waals surface area contributed by atoms with Gasteiger partial charge in [-0.2, -0.15) is 0 Å². The Balaban J connectivity index is 1.97. The lowest BCUT2D eigenvalue weighted by Gasteiger charge is -2.32. The van der Waals surface area contributed by atoms with E-state index in [1.807, 2.05) is 69.3 Å². The van der Waals surface area contributed by atoms with Crippen molar-refractivity contribution in [1.82, 2.24) is 10.2 Å². The van der Waals surface area contributed by atoms with Crippen molar-refractivity contribution in [3.63, 3.8) is 0 Å². The van der Waals surface area contributed by atoms with Crippen molar-refractivity contribution in [2.45, 2.75) is 46.2 Å². The summed E-state index contributed by atoms with van der Waals surface area (Å²) in [5, 5.41) is 2.89. The molecule has 3 rings (SSSR count). The molecule has 2 amide bonds. The molecule has 0 aliphatic heterocycles. The van der Waals surface area contributed by atoms with Crippen LogP contribution in [0.25, 0.3) is 0 Å². The molecule has 4 nitrogen and oxygen atoms in total. The molecule has 0 radical (unpaired) electrons. The molecule has 1 N–H and O–H groups in total. The first-order valence-corrected chi connectivity index (χ1v) is 11.3. The fourth-order valence-electron chi connectivity index (χ4n) is 3.89. The maximum atomic E-state index is 13.7. The Bertz CT molecular complexity index is 1080. The summed E-state index contributed by atoms with van der Waals surface area (Å²) in [6.45, 7) is 6.53. The van der Waals surface area contributed by atoms with Crippen LogP contribution in [0.4, 0.5) is 4.39 Å². The van der Waals surface area contributed by atoms with E-state index in [1.165, 1.54) is 12.1 Å². The van der Waals surface area contributed by atoms with Gasteiger partial charge in [-0.05, 0) is 55.2 Å². The van der Waals surface area contributed by atoms with Crippen LogP contribution in [0.5, 0.6) is 0 Å². The normalized spacial score (nSPS) is 11.6. The molecule has 0 bridgehead atoms. The highest BCUT2D eigenvalue weighted by atomic mass is 19.1. The number of rotatable bonds is 9. The Labute approximate surface area is 195 Å². The van der Waals surface area contributed by atoms with E-state index in [0.29, 0.717) is 13.0 Å². The van der Waals surface area contributed by atoms with Crippen LogP contribution in [0.1, 0.15) is 34.7 Å². The Hall–Kier alpha value is -3.47. The van der Waals surface area contributed by atoms with Gasteiger partial charge in [-0.25, -0.2) is 4.39 Å². The van der Waals surface area contributed by atoms with Crippen molar-refractivity contribution in [2.24, 2.45) is 0 Å². The fraction of sp³-hybridized carbons (Fsp3) is 0.286. The van der Waals surface area contributed by atoms with Crippen molar-refractivity contribution in [3.05, 3.63) is 106 Å². The van der Waals surface area contributed by atoms with Gasteiger partial charge in [0.25, 0.3) is 0 Å². The number of nitrogens with one attached hydrogen (secondary N) is 1. The van der Waals surface area contributed by atoms with Crippen LogP contribution >= 0.6 is 0 Å². The van der Waals surface area contributed by atoms with Gasteiger partial charge in [-0.15, -0.1) is 0 Å². The lowest BCUT2D eigenvalue weighted by molar-refractivity contribution is -0.140. The van der Waals surface area contributed by atoms with E-state index in [0.717, 1.165) is 27.8 Å². The summed E-state index contributed by atoms with van der Waals surface area (Å²) in [4.78, 5) is 28.4. The highest BCUT2D eigenvalue weighted by molar-refractivity contribution is 5.89. The van der Waals surface area contributed by atoms with Crippen LogP contribution in [0.2, 0.25) is 0 Å². The predicted molar refractivity (Wildman–Crippen MR) is 129 cm³/mol. The van der Waals surface area contributed by atoms with Gasteiger partial charge in [0.05, 0.1) is 6.42 Å². The zero-order chi connectivity index (χ0) is 23.8. The van der Waals surface area contributed by atoms with E-state index >= 15 is 0 Å². The molecule has 0 saturated carbocycles. The molecule has 3 aromatic rings. The first-order valence-electron chi connectivity index (χ1n) is 11.3. The number of halogens is 1. The molecule has 0 fully saturated rings. The van der Waals surface area contributed by atoms with Crippen molar-refractivity contribution >= 4 is 11.8 Å². The van der Waals surface area contributed by atoms with Gasteiger partial charge in [0.15, 0.2) is 0 Å². The summed E-state index contributed by atoms with van der Waals surface area (Å²) in [6, 6.07) is 21.1. The van der Waals surface area contributed by atoms with E-state index < -0.39 is 6.04 Å². The number of hydrogen-bond acceptors (Lipinski definition) is 2. The van der Waals surface area contributed by atoms with E-state index in [9.17, 15) is 14.0 Å². The molecule has 0 heterocycles. The van der Waals surface area contributed by atoms with Crippen LogP contribution in [0.15, 0.2) is 72.8 Å². The van der Waals surface area contributed by atoms with Gasteiger partial charge >= 0.3 is 0 Å². The van der Waals surface area contributed by atoms with Crippen LogP contribution in [0.3, 0.4) is 0 Å². The highest BCUT2D eigenvalue weighted by Crippen LogP contribution is 2.19. The average Bonchev–Trinajstić information content (AvgIpc) is 2.80. The van der Waals surface area contributed by atoms with E-state index in [4.69, 9.17) is 0 Å². The number of benzene rings is 3. The van der Waals surface area contributed by atoms with Crippen LogP contribution < -0.4 is 5.32 Å². The van der Waals surface area contributed by atoms with Crippen molar-refractivity contribution in [3.8, 4) is 0 Å². The smallest absolute Gasteiger partial charge is 0.243 e. The standard InChI is InChI=1S/C28H31FN2O2/c1-4-30-28(33)26(17-22-8-6-5-7-9-22)31(19-23-12-14-25(29)15-13-23)27(32)18-24-16-20(2)10-11-21(24)3/h5-16,26H,4,17-19H2,1-3H3,(H,30,33)/t26-/m1/s1. The van der Waals surface area contributed by atoms with Crippen molar-refractivity contribution in [2.75, 3.05) is 6.54 Å². The third kappa shape index (κ3) is 6.75. The fourth-order valence-corrected chi connectivity index (χ4v) is 3.89. The Morgan fingerprint density at radius 3 is 2.30 bits per heavy atom. The lowest BCUT2D eigenvalue weighted by Crippen LogP contribution is -2.51. The monoisotopic (exact) mass is 446 g/mol. The maximum absolute atomic E-state index is 13.7. The Kier molecular flexibility index (Phi) is 8.36. The number of aryl methyl sites for hydroxylation is 2. The van der Waals surface area contributed by atoms with Gasteiger partial charge in [0, 0.05) is 19.5 Å². The summed E-state index contributed by atoms with van der Waals surface area (Å²) in [5.74, 6) is -0.672. The molecule has 5 heteroatoms. The molecule has 0 aromatic heterocycles. The number of amides is 2. The molecule has 1 atom stereocenters. The summed E-state index contributed by atoms with van der Waals surface area (Å²) < 4.78 is 13.5. The molecule has 172 valence electrons. The van der Waals surface area contributed by atoms with Gasteiger partial charge in [-0.3, -0.25) is 9.59 Å². The van der Waals surface area contributed by atoms with Crippen molar-refractivity contribution < 1.29 is 14.0 Å². The number of carbonyl (C=O) groups is 2. The summed E-state index contributed by atoms with van der Waals surface area (Å²) in [5.41, 5.74) is 4.80. The minimum atomic E-state index is -0.685. The summed E-state index contributed by atoms with van der Waals surface area (Å²) >= 11 is 0. The van der Waals surface area contributed by atoms with Gasteiger partial charge in [0.1, 0.15) is 11.9 Å². The largest absolute Gasteiger partial charge is 0.355 e. The minimum absolute atomic E-state index is 0.139. The van der Waals surface area contributed by atoms with Crippen LogP contribution in [0, 0.1) is 19.7 Å². The molecule has 0 aliphatic rings. The zero-order valence-corrected chi connectivity index (χ0v) is 19.5. The topological polar surface area (TPSA) is 49.4 Å². The summed E-state index contributed by atoms with van der Waals surface area (Å²) in [6.07, 6.45) is 0.589. The minimum Gasteiger partial charge on any atom is -0.355 e. The molecule has 33 heavy (non-hydrogen) atoms. The highest BCUT2D eigenvalue weighted by Gasteiger charge is 2.30. The number of carbonyl (C=O) groups excluding carboxylic acids is 2. The first-order chi connectivity index (χ1) is 15.9. The van der Waals surface area contributed by atoms with Gasteiger partial charge < -0.3 is 10.2 Å². The second-order valence-electron chi connectivity index (χ2n) is 8.35. The third-order valence-electron chi connectivity index (χ3n) is 5.73. The number of hydrogen-bond donors (Lipinski definition) is 1. The Morgan fingerprint density at radius 2 is 1.64 bits per heavy atom. The molecule has 0 unspecified atom stereocenters. The lowest BCUT2D eigenvalue weighted by atomic mass is 9.99. The predicted octanol–water partition coefficient (Wildman–Crippen LogP) is 4.76. The Morgan fingerprint density at radius 1 is 0.939 bits per heavy atom. The average molecular weight is 447 g/mol. The van der Waals surface area contributed by atoms with Crippen LogP contribution in [-0.2, 0) is 29.0 Å². The number of likely N-dealkylation sites (N-methyl/N-ethyl adjacent to an activating group) is 1. The quantitative estimate of drug-likeness (QED) is 0.515. The first kappa shape index (κ1) is 24.2. The number of nitrogens with zero attached hydrogens (tertiary/aromatic N) is 1. The second kappa shape index (κ2) is 11.4.